The smallest absolute Gasteiger partial charge is 0.341 e. The first-order valence-electron chi connectivity index (χ1n) is 7.74. The van der Waals surface area contributed by atoms with E-state index in [4.69, 9.17) is 18.9 Å². The van der Waals surface area contributed by atoms with E-state index in [9.17, 15) is 9.59 Å². The van der Waals surface area contributed by atoms with Crippen LogP contribution >= 0.6 is 0 Å². The van der Waals surface area contributed by atoms with Crippen molar-refractivity contribution >= 4 is 17.8 Å². The quantitative estimate of drug-likeness (QED) is 0.250. The molecular weight excluding hydrogens is 336 g/mol. The van der Waals surface area contributed by atoms with Gasteiger partial charge in [-0.2, -0.15) is 0 Å². The second-order valence-corrected chi connectivity index (χ2v) is 5.25. The Morgan fingerprint density at radius 3 is 1.77 bits per heavy atom. The minimum absolute atomic E-state index is 0.104. The Morgan fingerprint density at radius 2 is 1.31 bits per heavy atom. The van der Waals surface area contributed by atoms with Crippen molar-refractivity contribution in [2.45, 2.75) is 0 Å². The molecule has 0 atom stereocenters. The molecule has 0 aromatic heterocycles. The van der Waals surface area contributed by atoms with E-state index in [1.54, 1.807) is 37.4 Å². The van der Waals surface area contributed by atoms with E-state index >= 15 is 0 Å². The second kappa shape index (κ2) is 8.71. The predicted octanol–water partition coefficient (Wildman–Crippen LogP) is 3.15. The Balaban J connectivity index is 2.47. The SMILES string of the molecule is COC(=O)/C(=C\c1ccc(OC)cc1)C(=O)c1cc(OC)cc(OC)c1. The summed E-state index contributed by atoms with van der Waals surface area (Å²) in [7, 11) is 5.75. The van der Waals surface area contributed by atoms with Crippen LogP contribution in [0.15, 0.2) is 48.0 Å². The minimum Gasteiger partial charge on any atom is -0.497 e. The first-order valence-corrected chi connectivity index (χ1v) is 7.74. The minimum atomic E-state index is -0.729. The van der Waals surface area contributed by atoms with Crippen molar-refractivity contribution in [2.24, 2.45) is 0 Å². The largest absolute Gasteiger partial charge is 0.497 e. The Bertz CT molecular complexity index is 798. The molecule has 2 aromatic rings. The third-order valence-corrected chi connectivity index (χ3v) is 3.69. The number of hydrogen-bond donors (Lipinski definition) is 0. The van der Waals surface area contributed by atoms with Gasteiger partial charge in [-0.25, -0.2) is 4.79 Å². The number of benzene rings is 2. The highest BCUT2D eigenvalue weighted by atomic mass is 16.5. The van der Waals surface area contributed by atoms with Gasteiger partial charge in [0.05, 0.1) is 28.4 Å². The van der Waals surface area contributed by atoms with Crippen LogP contribution in [0.3, 0.4) is 0 Å². The van der Waals surface area contributed by atoms with Gasteiger partial charge in [0.2, 0.25) is 5.78 Å². The molecule has 6 heteroatoms. The van der Waals surface area contributed by atoms with Gasteiger partial charge in [-0.15, -0.1) is 0 Å². The molecule has 6 nitrogen and oxygen atoms in total. The fourth-order valence-corrected chi connectivity index (χ4v) is 2.29. The summed E-state index contributed by atoms with van der Waals surface area (Å²) in [5.74, 6) is 0.339. The fourth-order valence-electron chi connectivity index (χ4n) is 2.29. The third kappa shape index (κ3) is 4.42. The monoisotopic (exact) mass is 356 g/mol. The molecule has 0 spiro atoms. The topological polar surface area (TPSA) is 71.1 Å². The maximum Gasteiger partial charge on any atom is 0.341 e. The lowest BCUT2D eigenvalue weighted by Gasteiger charge is -2.09. The Labute approximate surface area is 151 Å². The lowest BCUT2D eigenvalue weighted by molar-refractivity contribution is -0.135. The van der Waals surface area contributed by atoms with Crippen LogP contribution < -0.4 is 14.2 Å². The summed E-state index contributed by atoms with van der Waals surface area (Å²) >= 11 is 0. The molecule has 0 radical (unpaired) electrons. The van der Waals surface area contributed by atoms with Crippen LogP contribution in [0.2, 0.25) is 0 Å². The summed E-state index contributed by atoms with van der Waals surface area (Å²) in [6.45, 7) is 0. The van der Waals surface area contributed by atoms with Crippen molar-refractivity contribution in [2.75, 3.05) is 28.4 Å². The normalized spacial score (nSPS) is 10.8. The average Bonchev–Trinajstić information content (AvgIpc) is 2.70. The van der Waals surface area contributed by atoms with Crippen molar-refractivity contribution < 1.29 is 28.5 Å². The highest BCUT2D eigenvalue weighted by Crippen LogP contribution is 2.25. The molecule has 0 saturated heterocycles. The van der Waals surface area contributed by atoms with Crippen LogP contribution in [0.4, 0.5) is 0 Å². The summed E-state index contributed by atoms with van der Waals surface area (Å²) < 4.78 is 20.2. The standard InChI is InChI=1S/C20H20O6/c1-23-15-7-5-13(6-8-15)9-18(20(22)26-4)19(21)14-10-16(24-2)12-17(11-14)25-3/h5-12H,1-4H3/b18-9-. The number of hydrogen-bond acceptors (Lipinski definition) is 6. The van der Waals surface area contributed by atoms with Crippen molar-refractivity contribution in [1.29, 1.82) is 0 Å². The van der Waals surface area contributed by atoms with E-state index in [1.807, 2.05) is 0 Å². The fraction of sp³-hybridized carbons (Fsp3) is 0.200. The average molecular weight is 356 g/mol. The van der Waals surface area contributed by atoms with Gasteiger partial charge >= 0.3 is 5.97 Å². The van der Waals surface area contributed by atoms with E-state index in [1.165, 1.54) is 39.5 Å². The molecule has 0 aliphatic carbocycles. The molecule has 2 rings (SSSR count). The molecule has 2 aromatic carbocycles. The highest BCUT2D eigenvalue weighted by molar-refractivity contribution is 6.27. The number of methoxy groups -OCH3 is 4. The van der Waals surface area contributed by atoms with Gasteiger partial charge in [0.1, 0.15) is 22.8 Å². The van der Waals surface area contributed by atoms with Crippen molar-refractivity contribution in [3.63, 3.8) is 0 Å². The molecule has 0 aliphatic rings. The van der Waals surface area contributed by atoms with Gasteiger partial charge in [-0.1, -0.05) is 12.1 Å². The number of Topliss-reactive ketones (excluding diaryl/α,β-unsaturated/α-hetero) is 1. The zero-order valence-corrected chi connectivity index (χ0v) is 15.1. The molecule has 0 amide bonds. The predicted molar refractivity (Wildman–Crippen MR) is 96.9 cm³/mol. The molecule has 26 heavy (non-hydrogen) atoms. The van der Waals surface area contributed by atoms with Crippen LogP contribution in [0.25, 0.3) is 6.08 Å². The van der Waals surface area contributed by atoms with E-state index in [2.05, 4.69) is 0 Å². The maximum atomic E-state index is 12.9. The Hall–Kier alpha value is -3.28. The Morgan fingerprint density at radius 1 is 0.769 bits per heavy atom. The maximum absolute atomic E-state index is 12.9. The van der Waals surface area contributed by atoms with Gasteiger partial charge in [-0.05, 0) is 35.9 Å². The van der Waals surface area contributed by atoms with Crippen LogP contribution in [-0.4, -0.2) is 40.2 Å². The molecule has 0 aliphatic heterocycles. The lowest BCUT2D eigenvalue weighted by Crippen LogP contribution is -2.15. The zero-order valence-electron chi connectivity index (χ0n) is 15.1. The van der Waals surface area contributed by atoms with Crippen molar-refractivity contribution in [1.82, 2.24) is 0 Å². The molecule has 0 fully saturated rings. The van der Waals surface area contributed by atoms with Gasteiger partial charge in [0.25, 0.3) is 0 Å². The zero-order chi connectivity index (χ0) is 19.1. The third-order valence-electron chi connectivity index (χ3n) is 3.69. The van der Waals surface area contributed by atoms with Gasteiger partial charge in [-0.3, -0.25) is 4.79 Å². The van der Waals surface area contributed by atoms with Crippen molar-refractivity contribution in [3.05, 3.63) is 59.2 Å². The first-order chi connectivity index (χ1) is 12.5. The van der Waals surface area contributed by atoms with E-state index < -0.39 is 11.8 Å². The van der Waals surface area contributed by atoms with Crippen LogP contribution in [-0.2, 0) is 9.53 Å². The van der Waals surface area contributed by atoms with E-state index in [0.29, 0.717) is 22.8 Å². The number of rotatable bonds is 7. The Kier molecular flexibility index (Phi) is 6.38. The van der Waals surface area contributed by atoms with Gasteiger partial charge < -0.3 is 18.9 Å². The number of ketones is 1. The number of esters is 1. The number of ether oxygens (including phenoxy) is 4. The highest BCUT2D eigenvalue weighted by Gasteiger charge is 2.22. The van der Waals surface area contributed by atoms with E-state index in [0.717, 1.165) is 0 Å². The summed E-state index contributed by atoms with van der Waals surface area (Å²) in [6.07, 6.45) is 1.47. The van der Waals surface area contributed by atoms with Crippen molar-refractivity contribution in [3.8, 4) is 17.2 Å². The molecule has 0 unspecified atom stereocenters. The van der Waals surface area contributed by atoms with Crippen LogP contribution in [0.1, 0.15) is 15.9 Å². The summed E-state index contributed by atoms with van der Waals surface area (Å²) in [5, 5.41) is 0. The number of carbonyl (C=O) groups is 2. The first kappa shape index (κ1) is 19.1. The van der Waals surface area contributed by atoms with Gasteiger partial charge in [0.15, 0.2) is 0 Å². The lowest BCUT2D eigenvalue weighted by atomic mass is 10.0. The molecule has 0 bridgehead atoms. The number of carbonyl (C=O) groups excluding carboxylic acids is 2. The molecule has 0 saturated carbocycles. The molecular formula is C20H20O6. The van der Waals surface area contributed by atoms with Crippen LogP contribution in [0, 0.1) is 0 Å². The molecule has 136 valence electrons. The van der Waals surface area contributed by atoms with Gasteiger partial charge in [0, 0.05) is 11.6 Å². The molecule has 0 heterocycles. The van der Waals surface area contributed by atoms with Crippen LogP contribution in [0.5, 0.6) is 17.2 Å². The molecule has 0 N–H and O–H groups in total. The summed E-state index contributed by atoms with van der Waals surface area (Å²) in [5.41, 5.74) is 0.814. The second-order valence-electron chi connectivity index (χ2n) is 5.25. The summed E-state index contributed by atoms with van der Waals surface area (Å²) in [4.78, 5) is 25.1. The van der Waals surface area contributed by atoms with E-state index in [-0.39, 0.29) is 11.1 Å². The summed E-state index contributed by atoms with van der Waals surface area (Å²) in [6, 6.07) is 11.7.